The van der Waals surface area contributed by atoms with E-state index in [0.29, 0.717) is 11.3 Å². The highest BCUT2D eigenvalue weighted by Gasteiger charge is 2.16. The van der Waals surface area contributed by atoms with Crippen LogP contribution in [0.25, 0.3) is 17.0 Å². The molecule has 4 N–H and O–H groups in total. The number of carbonyl (C=O) groups is 2. The minimum atomic E-state index is -0.504. The largest absolute Gasteiger partial charge is 0.508 e. The summed E-state index contributed by atoms with van der Waals surface area (Å²) in [5, 5.41) is 16.0. The number of anilines is 1. The Hall–Kier alpha value is -4.32. The number of H-pyrrole nitrogens is 1. The van der Waals surface area contributed by atoms with Crippen molar-refractivity contribution < 1.29 is 14.7 Å². The van der Waals surface area contributed by atoms with Crippen LogP contribution in [0.4, 0.5) is 5.69 Å². The van der Waals surface area contributed by atoms with Gasteiger partial charge in [-0.3, -0.25) is 9.59 Å². The van der Waals surface area contributed by atoms with Gasteiger partial charge in [-0.15, -0.1) is 0 Å². The summed E-state index contributed by atoms with van der Waals surface area (Å²) in [6.07, 6.45) is 3.40. The van der Waals surface area contributed by atoms with Crippen LogP contribution >= 0.6 is 0 Å². The molecule has 2 amide bonds. The summed E-state index contributed by atoms with van der Waals surface area (Å²) in [7, 11) is 0. The molecule has 1 aromatic heterocycles. The van der Waals surface area contributed by atoms with Crippen molar-refractivity contribution in [2.75, 3.05) is 5.32 Å². The van der Waals surface area contributed by atoms with Gasteiger partial charge in [0.2, 0.25) is 0 Å². The molecule has 0 saturated heterocycles. The van der Waals surface area contributed by atoms with Crippen molar-refractivity contribution in [1.82, 2.24) is 10.3 Å². The Labute approximate surface area is 172 Å². The SMILES string of the molecule is O=C(Nc1cccc(O)c1)/C(=C\c1c[nH]c2ccccc12)NC(=O)c1ccccc1. The van der Waals surface area contributed by atoms with Crippen molar-refractivity contribution >= 4 is 34.5 Å². The van der Waals surface area contributed by atoms with E-state index in [4.69, 9.17) is 0 Å². The average Bonchev–Trinajstić information content (AvgIpc) is 3.17. The third kappa shape index (κ3) is 4.23. The molecular formula is C24H19N3O3. The number of phenolic OH excluding ortho intramolecular Hbond substituents is 1. The van der Waals surface area contributed by atoms with Crippen LogP contribution in [0.1, 0.15) is 15.9 Å². The quantitative estimate of drug-likeness (QED) is 0.379. The van der Waals surface area contributed by atoms with Gasteiger partial charge in [-0.05, 0) is 36.4 Å². The predicted molar refractivity (Wildman–Crippen MR) is 117 cm³/mol. The second-order valence-electron chi connectivity index (χ2n) is 6.67. The summed E-state index contributed by atoms with van der Waals surface area (Å²) < 4.78 is 0. The van der Waals surface area contributed by atoms with Crippen molar-refractivity contribution in [1.29, 1.82) is 0 Å². The lowest BCUT2D eigenvalue weighted by Gasteiger charge is -2.11. The fraction of sp³-hybridized carbons (Fsp3) is 0. The number of hydrogen-bond donors (Lipinski definition) is 4. The molecule has 30 heavy (non-hydrogen) atoms. The van der Waals surface area contributed by atoms with Crippen LogP contribution in [-0.4, -0.2) is 21.9 Å². The molecule has 0 aliphatic carbocycles. The van der Waals surface area contributed by atoms with E-state index < -0.39 is 11.8 Å². The van der Waals surface area contributed by atoms with Gasteiger partial charge in [0.15, 0.2) is 0 Å². The average molecular weight is 397 g/mol. The Morgan fingerprint density at radius 2 is 1.67 bits per heavy atom. The summed E-state index contributed by atoms with van der Waals surface area (Å²) >= 11 is 0. The van der Waals surface area contributed by atoms with E-state index in [9.17, 15) is 14.7 Å². The number of aromatic amines is 1. The highest BCUT2D eigenvalue weighted by Crippen LogP contribution is 2.21. The number of benzene rings is 3. The zero-order valence-corrected chi connectivity index (χ0v) is 15.9. The molecule has 6 heteroatoms. The van der Waals surface area contributed by atoms with Crippen LogP contribution < -0.4 is 10.6 Å². The van der Waals surface area contributed by atoms with Gasteiger partial charge >= 0.3 is 0 Å². The number of para-hydroxylation sites is 1. The smallest absolute Gasteiger partial charge is 0.272 e. The molecule has 1 heterocycles. The van der Waals surface area contributed by atoms with Crippen molar-refractivity contribution in [2.45, 2.75) is 0 Å². The molecule has 0 aliphatic rings. The monoisotopic (exact) mass is 397 g/mol. The van der Waals surface area contributed by atoms with Gasteiger partial charge in [0.1, 0.15) is 11.4 Å². The Kier molecular flexibility index (Phi) is 5.30. The Morgan fingerprint density at radius 1 is 0.900 bits per heavy atom. The molecule has 0 saturated carbocycles. The minimum absolute atomic E-state index is 0.0308. The zero-order valence-electron chi connectivity index (χ0n) is 15.9. The molecule has 0 bridgehead atoms. The molecule has 0 aliphatic heterocycles. The van der Waals surface area contributed by atoms with Crippen molar-refractivity contribution in [3.05, 3.63) is 102 Å². The van der Waals surface area contributed by atoms with E-state index in [-0.39, 0.29) is 11.4 Å². The number of amides is 2. The van der Waals surface area contributed by atoms with E-state index >= 15 is 0 Å². The molecule has 0 unspecified atom stereocenters. The van der Waals surface area contributed by atoms with Gasteiger partial charge in [-0.1, -0.05) is 42.5 Å². The second-order valence-corrected chi connectivity index (χ2v) is 6.67. The van der Waals surface area contributed by atoms with Crippen LogP contribution in [0.15, 0.2) is 90.8 Å². The topological polar surface area (TPSA) is 94.2 Å². The van der Waals surface area contributed by atoms with Gasteiger partial charge in [-0.25, -0.2) is 0 Å². The lowest BCUT2D eigenvalue weighted by molar-refractivity contribution is -0.113. The lowest BCUT2D eigenvalue weighted by Crippen LogP contribution is -2.30. The fourth-order valence-electron chi connectivity index (χ4n) is 3.09. The van der Waals surface area contributed by atoms with Crippen molar-refractivity contribution in [3.63, 3.8) is 0 Å². The fourth-order valence-corrected chi connectivity index (χ4v) is 3.09. The highest BCUT2D eigenvalue weighted by atomic mass is 16.3. The summed E-state index contributed by atoms with van der Waals surface area (Å²) in [4.78, 5) is 28.8. The van der Waals surface area contributed by atoms with Crippen LogP contribution in [0.5, 0.6) is 5.75 Å². The standard InChI is InChI=1S/C24H19N3O3/c28-19-10-6-9-18(14-19)26-24(30)22(27-23(29)16-7-2-1-3-8-16)13-17-15-25-21-12-5-4-11-20(17)21/h1-15,25,28H,(H,26,30)(H,27,29)/b22-13+. The minimum Gasteiger partial charge on any atom is -0.508 e. The maximum Gasteiger partial charge on any atom is 0.272 e. The first kappa shape index (κ1) is 19.0. The summed E-state index contributed by atoms with van der Waals surface area (Å²) in [5.41, 5.74) is 2.62. The van der Waals surface area contributed by atoms with Crippen molar-refractivity contribution in [3.8, 4) is 5.75 Å². The first-order valence-electron chi connectivity index (χ1n) is 9.35. The second kappa shape index (κ2) is 8.36. The Morgan fingerprint density at radius 3 is 2.47 bits per heavy atom. The predicted octanol–water partition coefficient (Wildman–Crippen LogP) is 4.28. The highest BCUT2D eigenvalue weighted by molar-refractivity contribution is 6.11. The van der Waals surface area contributed by atoms with Gasteiger partial charge in [0, 0.05) is 40.0 Å². The summed E-state index contributed by atoms with van der Waals surface area (Å²) in [5.74, 6) is -0.869. The van der Waals surface area contributed by atoms with Crippen LogP contribution in [-0.2, 0) is 4.79 Å². The maximum atomic E-state index is 13.0. The van der Waals surface area contributed by atoms with Gasteiger partial charge in [-0.2, -0.15) is 0 Å². The van der Waals surface area contributed by atoms with Crippen LogP contribution in [0.3, 0.4) is 0 Å². The molecule has 0 spiro atoms. The Balaban J connectivity index is 1.68. The molecule has 0 atom stereocenters. The third-order valence-corrected chi connectivity index (χ3v) is 4.55. The molecule has 0 radical (unpaired) electrons. The molecule has 4 aromatic rings. The number of fused-ring (bicyclic) bond motifs is 1. The molecule has 3 aromatic carbocycles. The zero-order chi connectivity index (χ0) is 20.9. The van der Waals surface area contributed by atoms with E-state index in [1.807, 2.05) is 30.3 Å². The number of nitrogens with one attached hydrogen (secondary N) is 3. The number of hydrogen-bond acceptors (Lipinski definition) is 3. The first-order chi connectivity index (χ1) is 14.6. The van der Waals surface area contributed by atoms with E-state index in [1.54, 1.807) is 48.7 Å². The van der Waals surface area contributed by atoms with Gasteiger partial charge in [0.05, 0.1) is 0 Å². The summed E-state index contributed by atoms with van der Waals surface area (Å²) in [6.45, 7) is 0. The summed E-state index contributed by atoms with van der Waals surface area (Å²) in [6, 6.07) is 22.6. The molecular weight excluding hydrogens is 378 g/mol. The van der Waals surface area contributed by atoms with Gasteiger partial charge in [0.25, 0.3) is 11.8 Å². The first-order valence-corrected chi connectivity index (χ1v) is 9.35. The van der Waals surface area contributed by atoms with Crippen LogP contribution in [0, 0.1) is 0 Å². The van der Waals surface area contributed by atoms with Gasteiger partial charge < -0.3 is 20.7 Å². The molecule has 0 fully saturated rings. The van der Waals surface area contributed by atoms with E-state index in [1.165, 1.54) is 12.1 Å². The Bertz CT molecular complexity index is 1240. The molecule has 4 rings (SSSR count). The number of aromatic nitrogens is 1. The number of phenols is 1. The van der Waals surface area contributed by atoms with Crippen molar-refractivity contribution in [2.24, 2.45) is 0 Å². The molecule has 6 nitrogen and oxygen atoms in total. The molecule has 148 valence electrons. The normalized spacial score (nSPS) is 11.3. The number of aromatic hydroxyl groups is 1. The van der Waals surface area contributed by atoms with E-state index in [2.05, 4.69) is 15.6 Å². The third-order valence-electron chi connectivity index (χ3n) is 4.55. The lowest BCUT2D eigenvalue weighted by atomic mass is 10.1. The number of rotatable bonds is 5. The van der Waals surface area contributed by atoms with Crippen LogP contribution in [0.2, 0.25) is 0 Å². The van der Waals surface area contributed by atoms with E-state index in [0.717, 1.165) is 16.5 Å². The maximum absolute atomic E-state index is 13.0. The number of carbonyl (C=O) groups excluding carboxylic acids is 2.